The molecule has 0 spiro atoms. The molecular formula is C8H5FN2O4. The molecule has 0 radical (unpaired) electrons. The Kier molecular flexibility index (Phi) is 1.82. The molecule has 0 fully saturated rings. The third-order valence-corrected chi connectivity index (χ3v) is 2.03. The van der Waals surface area contributed by atoms with E-state index in [-0.39, 0.29) is 11.1 Å². The molecule has 1 aromatic heterocycles. The van der Waals surface area contributed by atoms with Crippen LogP contribution in [0, 0.1) is 15.9 Å². The van der Waals surface area contributed by atoms with Crippen LogP contribution in [0.15, 0.2) is 21.3 Å². The maximum absolute atomic E-state index is 13.4. The summed E-state index contributed by atoms with van der Waals surface area (Å²) in [6.45, 7) is 0. The van der Waals surface area contributed by atoms with Crippen LogP contribution in [0.25, 0.3) is 11.1 Å². The number of oxazole rings is 1. The minimum Gasteiger partial charge on any atom is -0.407 e. The van der Waals surface area contributed by atoms with Crippen molar-refractivity contribution in [1.29, 1.82) is 0 Å². The molecule has 1 heterocycles. The first-order chi connectivity index (χ1) is 7.00. The number of nitro groups is 1. The molecule has 7 heteroatoms. The number of nitrogens with zero attached hydrogens (tertiary/aromatic N) is 2. The first-order valence-corrected chi connectivity index (χ1v) is 3.94. The fourth-order valence-corrected chi connectivity index (χ4v) is 1.32. The van der Waals surface area contributed by atoms with Crippen LogP contribution in [-0.4, -0.2) is 9.49 Å². The van der Waals surface area contributed by atoms with E-state index in [0.29, 0.717) is 0 Å². The van der Waals surface area contributed by atoms with Crippen molar-refractivity contribution in [3.63, 3.8) is 0 Å². The molecule has 0 aliphatic carbocycles. The second-order valence-electron chi connectivity index (χ2n) is 2.96. The molecule has 0 atom stereocenters. The van der Waals surface area contributed by atoms with Gasteiger partial charge in [-0.05, 0) is 0 Å². The van der Waals surface area contributed by atoms with Gasteiger partial charge in [-0.3, -0.25) is 14.7 Å². The molecule has 0 N–H and O–H groups in total. The Morgan fingerprint density at radius 1 is 1.53 bits per heavy atom. The van der Waals surface area contributed by atoms with Crippen LogP contribution >= 0.6 is 0 Å². The number of rotatable bonds is 1. The van der Waals surface area contributed by atoms with Crippen LogP contribution in [0.3, 0.4) is 0 Å². The molecule has 0 saturated heterocycles. The Balaban J connectivity index is 2.90. The van der Waals surface area contributed by atoms with Crippen LogP contribution in [0.5, 0.6) is 0 Å². The largest absolute Gasteiger partial charge is 0.419 e. The summed E-state index contributed by atoms with van der Waals surface area (Å²) in [6.07, 6.45) is 0. The minimum atomic E-state index is -0.854. The average Bonchev–Trinajstić information content (AvgIpc) is 2.42. The summed E-state index contributed by atoms with van der Waals surface area (Å²) < 4.78 is 18.9. The van der Waals surface area contributed by atoms with E-state index in [2.05, 4.69) is 4.42 Å². The zero-order chi connectivity index (χ0) is 11.2. The van der Waals surface area contributed by atoms with Gasteiger partial charge in [-0.25, -0.2) is 9.18 Å². The van der Waals surface area contributed by atoms with Crippen LogP contribution in [0.1, 0.15) is 0 Å². The highest BCUT2D eigenvalue weighted by molar-refractivity contribution is 5.76. The summed E-state index contributed by atoms with van der Waals surface area (Å²) in [5.74, 6) is -1.61. The third-order valence-electron chi connectivity index (χ3n) is 2.03. The first-order valence-electron chi connectivity index (χ1n) is 3.94. The van der Waals surface area contributed by atoms with Gasteiger partial charge in [-0.1, -0.05) is 0 Å². The van der Waals surface area contributed by atoms with Crippen molar-refractivity contribution in [2.75, 3.05) is 0 Å². The third kappa shape index (κ3) is 1.28. The summed E-state index contributed by atoms with van der Waals surface area (Å²) in [5.41, 5.74) is -0.658. The van der Waals surface area contributed by atoms with Crippen LogP contribution < -0.4 is 5.76 Å². The standard InChI is InChI=1S/C8H5FN2O4/c1-10-7-5(9)2-4(11(13)14)3-6(7)15-8(10)12/h2-3H,1H3. The van der Waals surface area contributed by atoms with Crippen molar-refractivity contribution >= 4 is 16.8 Å². The zero-order valence-corrected chi connectivity index (χ0v) is 7.56. The van der Waals surface area contributed by atoms with Crippen LogP contribution in [0.2, 0.25) is 0 Å². The van der Waals surface area contributed by atoms with Crippen LogP contribution in [0.4, 0.5) is 10.1 Å². The van der Waals surface area contributed by atoms with Gasteiger partial charge in [0.05, 0.1) is 17.1 Å². The Hall–Kier alpha value is -2.18. The fourth-order valence-electron chi connectivity index (χ4n) is 1.32. The molecule has 0 aliphatic heterocycles. The van der Waals surface area contributed by atoms with E-state index in [1.54, 1.807) is 0 Å². The molecule has 0 amide bonds. The molecule has 2 rings (SSSR count). The number of fused-ring (bicyclic) bond motifs is 1. The highest BCUT2D eigenvalue weighted by Gasteiger charge is 2.17. The van der Waals surface area contributed by atoms with E-state index in [4.69, 9.17) is 0 Å². The summed E-state index contributed by atoms with van der Waals surface area (Å²) in [5, 5.41) is 10.4. The van der Waals surface area contributed by atoms with E-state index >= 15 is 0 Å². The number of hydrogen-bond donors (Lipinski definition) is 0. The zero-order valence-electron chi connectivity index (χ0n) is 7.56. The van der Waals surface area contributed by atoms with Gasteiger partial charge in [0.2, 0.25) is 0 Å². The number of benzene rings is 1. The topological polar surface area (TPSA) is 78.3 Å². The van der Waals surface area contributed by atoms with Gasteiger partial charge < -0.3 is 4.42 Å². The molecule has 0 aliphatic rings. The number of non-ortho nitro benzene ring substituents is 1. The van der Waals surface area contributed by atoms with Gasteiger partial charge in [0.15, 0.2) is 11.4 Å². The maximum atomic E-state index is 13.4. The van der Waals surface area contributed by atoms with Crippen LogP contribution in [-0.2, 0) is 7.05 Å². The highest BCUT2D eigenvalue weighted by atomic mass is 19.1. The number of hydrogen-bond acceptors (Lipinski definition) is 4. The molecule has 1 aromatic carbocycles. The second kappa shape index (κ2) is 2.91. The van der Waals surface area contributed by atoms with Gasteiger partial charge >= 0.3 is 5.76 Å². The van der Waals surface area contributed by atoms with Crippen molar-refractivity contribution < 1.29 is 13.7 Å². The van der Waals surface area contributed by atoms with E-state index in [1.165, 1.54) is 7.05 Å². The first kappa shape index (κ1) is 9.38. The van der Waals surface area contributed by atoms with E-state index in [0.717, 1.165) is 16.7 Å². The van der Waals surface area contributed by atoms with Crippen molar-refractivity contribution in [3.8, 4) is 0 Å². The molecule has 6 nitrogen and oxygen atoms in total. The van der Waals surface area contributed by atoms with Gasteiger partial charge in [0.1, 0.15) is 5.52 Å². The Morgan fingerprint density at radius 3 is 2.80 bits per heavy atom. The Morgan fingerprint density at radius 2 is 2.20 bits per heavy atom. The lowest BCUT2D eigenvalue weighted by Gasteiger charge is -1.94. The lowest BCUT2D eigenvalue weighted by molar-refractivity contribution is -0.384. The lowest BCUT2D eigenvalue weighted by Crippen LogP contribution is -2.09. The van der Waals surface area contributed by atoms with Gasteiger partial charge in [-0.15, -0.1) is 0 Å². The van der Waals surface area contributed by atoms with E-state index in [1.807, 2.05) is 0 Å². The van der Waals surface area contributed by atoms with Gasteiger partial charge in [0.25, 0.3) is 5.69 Å². The Bertz CT molecular complexity index is 613. The number of nitro benzene ring substituents is 1. The van der Waals surface area contributed by atoms with Gasteiger partial charge in [0, 0.05) is 7.05 Å². The summed E-state index contributed by atoms with van der Waals surface area (Å²) in [7, 11) is 1.32. The summed E-state index contributed by atoms with van der Waals surface area (Å²) in [6, 6.07) is 1.76. The molecule has 0 bridgehead atoms. The average molecular weight is 212 g/mol. The number of aromatic nitrogens is 1. The normalized spacial score (nSPS) is 10.8. The SMILES string of the molecule is Cn1c(=O)oc2cc([N+](=O)[O-])cc(F)c21. The molecular weight excluding hydrogens is 207 g/mol. The fraction of sp³-hybridized carbons (Fsp3) is 0.125. The van der Waals surface area contributed by atoms with Crippen molar-refractivity contribution in [2.24, 2.45) is 7.05 Å². The van der Waals surface area contributed by atoms with Crippen molar-refractivity contribution in [1.82, 2.24) is 4.57 Å². The molecule has 0 saturated carbocycles. The summed E-state index contributed by atoms with van der Waals surface area (Å²) in [4.78, 5) is 20.7. The Labute approximate surface area is 81.7 Å². The molecule has 2 aromatic rings. The second-order valence-corrected chi connectivity index (χ2v) is 2.96. The molecule has 78 valence electrons. The molecule has 15 heavy (non-hydrogen) atoms. The van der Waals surface area contributed by atoms with E-state index in [9.17, 15) is 19.3 Å². The van der Waals surface area contributed by atoms with Crippen molar-refractivity contribution in [3.05, 3.63) is 38.6 Å². The summed E-state index contributed by atoms with van der Waals surface area (Å²) >= 11 is 0. The smallest absolute Gasteiger partial charge is 0.407 e. The van der Waals surface area contributed by atoms with Crippen molar-refractivity contribution in [2.45, 2.75) is 0 Å². The quantitative estimate of drug-likeness (QED) is 0.525. The molecule has 0 unspecified atom stereocenters. The number of halogens is 1. The van der Waals surface area contributed by atoms with Gasteiger partial charge in [-0.2, -0.15) is 0 Å². The highest BCUT2D eigenvalue weighted by Crippen LogP contribution is 2.22. The minimum absolute atomic E-state index is 0.0781. The number of aryl methyl sites for hydroxylation is 1. The van der Waals surface area contributed by atoms with E-state index < -0.39 is 22.2 Å². The lowest BCUT2D eigenvalue weighted by atomic mass is 10.3. The predicted octanol–water partition coefficient (Wildman–Crippen LogP) is 1.18. The maximum Gasteiger partial charge on any atom is 0.419 e. The monoisotopic (exact) mass is 212 g/mol. The predicted molar refractivity (Wildman–Crippen MR) is 48.1 cm³/mol.